The molecule has 1 heterocycles. The Morgan fingerprint density at radius 2 is 1.86 bits per heavy atom. The number of hydrogen-bond acceptors (Lipinski definition) is 3. The predicted molar refractivity (Wildman–Crippen MR) is 65.2 cm³/mol. The van der Waals surface area contributed by atoms with Crippen molar-refractivity contribution in [1.29, 1.82) is 0 Å². The SMILES string of the molecule is CNc1cc(C(F)(F)F)cc(Oc2cccc(F)c2F)n1. The number of benzene rings is 1. The zero-order valence-electron chi connectivity index (χ0n) is 10.6. The summed E-state index contributed by atoms with van der Waals surface area (Å²) in [7, 11) is 1.37. The fourth-order valence-corrected chi connectivity index (χ4v) is 1.52. The van der Waals surface area contributed by atoms with Crippen LogP contribution in [0.15, 0.2) is 30.3 Å². The summed E-state index contributed by atoms with van der Waals surface area (Å²) in [5.41, 5.74) is -1.02. The fraction of sp³-hybridized carbons (Fsp3) is 0.154. The third-order valence-corrected chi connectivity index (χ3v) is 2.52. The van der Waals surface area contributed by atoms with Crippen LogP contribution in [0.1, 0.15) is 5.56 Å². The number of hydrogen-bond donors (Lipinski definition) is 1. The first kappa shape index (κ1) is 15.0. The van der Waals surface area contributed by atoms with E-state index in [1.165, 1.54) is 13.1 Å². The van der Waals surface area contributed by atoms with Crippen molar-refractivity contribution in [1.82, 2.24) is 4.98 Å². The summed E-state index contributed by atoms with van der Waals surface area (Å²) in [6.45, 7) is 0. The van der Waals surface area contributed by atoms with Crippen LogP contribution in [0.3, 0.4) is 0 Å². The molecule has 0 saturated carbocycles. The smallest absolute Gasteiger partial charge is 0.416 e. The summed E-state index contributed by atoms with van der Waals surface area (Å²) < 4.78 is 69.5. The molecule has 1 aromatic carbocycles. The normalized spacial score (nSPS) is 11.3. The van der Waals surface area contributed by atoms with Gasteiger partial charge in [-0.3, -0.25) is 0 Å². The van der Waals surface area contributed by atoms with Crippen LogP contribution in [0.4, 0.5) is 27.8 Å². The summed E-state index contributed by atoms with van der Waals surface area (Å²) in [5, 5.41) is 2.43. The van der Waals surface area contributed by atoms with Crippen LogP contribution < -0.4 is 10.1 Å². The van der Waals surface area contributed by atoms with E-state index in [2.05, 4.69) is 10.3 Å². The lowest BCUT2D eigenvalue weighted by atomic mass is 10.2. The first-order valence-electron chi connectivity index (χ1n) is 5.70. The van der Waals surface area contributed by atoms with Gasteiger partial charge in [-0.1, -0.05) is 6.07 Å². The quantitative estimate of drug-likeness (QED) is 0.862. The van der Waals surface area contributed by atoms with E-state index in [4.69, 9.17) is 4.74 Å². The van der Waals surface area contributed by atoms with E-state index in [0.29, 0.717) is 6.07 Å². The molecule has 0 spiro atoms. The van der Waals surface area contributed by atoms with Crippen molar-refractivity contribution < 1.29 is 26.7 Å². The van der Waals surface area contributed by atoms with Crippen molar-refractivity contribution in [3.63, 3.8) is 0 Å². The maximum absolute atomic E-state index is 13.4. The lowest BCUT2D eigenvalue weighted by Crippen LogP contribution is -2.07. The second-order valence-electron chi connectivity index (χ2n) is 3.98. The number of alkyl halides is 3. The molecule has 0 fully saturated rings. The number of pyridine rings is 1. The van der Waals surface area contributed by atoms with Gasteiger partial charge in [-0.15, -0.1) is 0 Å². The highest BCUT2D eigenvalue weighted by Gasteiger charge is 2.32. The molecule has 112 valence electrons. The number of rotatable bonds is 3. The molecule has 0 bridgehead atoms. The molecule has 1 aromatic heterocycles. The maximum Gasteiger partial charge on any atom is 0.416 e. The van der Waals surface area contributed by atoms with Crippen LogP contribution in [0, 0.1) is 11.6 Å². The monoisotopic (exact) mass is 304 g/mol. The van der Waals surface area contributed by atoms with Crippen molar-refractivity contribution in [2.75, 3.05) is 12.4 Å². The number of nitrogens with one attached hydrogen (secondary N) is 1. The van der Waals surface area contributed by atoms with Crippen LogP contribution in [0.2, 0.25) is 0 Å². The predicted octanol–water partition coefficient (Wildman–Crippen LogP) is 4.21. The van der Waals surface area contributed by atoms with Gasteiger partial charge in [-0.25, -0.2) is 4.39 Å². The van der Waals surface area contributed by atoms with Gasteiger partial charge in [0, 0.05) is 13.1 Å². The molecule has 8 heteroatoms. The number of aromatic nitrogens is 1. The molecular formula is C13H9F5N2O. The van der Waals surface area contributed by atoms with Crippen molar-refractivity contribution in [2.45, 2.75) is 6.18 Å². The molecule has 0 aliphatic rings. The van der Waals surface area contributed by atoms with E-state index in [1.54, 1.807) is 0 Å². The highest BCUT2D eigenvalue weighted by atomic mass is 19.4. The summed E-state index contributed by atoms with van der Waals surface area (Å²) >= 11 is 0. The van der Waals surface area contributed by atoms with Gasteiger partial charge in [0.25, 0.3) is 0 Å². The molecule has 2 rings (SSSR count). The molecule has 0 radical (unpaired) electrons. The third kappa shape index (κ3) is 3.39. The molecule has 0 atom stereocenters. The van der Waals surface area contributed by atoms with Crippen molar-refractivity contribution >= 4 is 5.82 Å². The molecule has 0 aliphatic carbocycles. The highest BCUT2D eigenvalue weighted by Crippen LogP contribution is 2.34. The zero-order chi connectivity index (χ0) is 15.6. The minimum absolute atomic E-state index is 0.114. The van der Waals surface area contributed by atoms with Crippen molar-refractivity contribution in [2.24, 2.45) is 0 Å². The van der Waals surface area contributed by atoms with Crippen molar-refractivity contribution in [3.8, 4) is 11.6 Å². The van der Waals surface area contributed by atoms with Crippen LogP contribution in [0.5, 0.6) is 11.6 Å². The Morgan fingerprint density at radius 1 is 1.14 bits per heavy atom. The number of nitrogens with zero attached hydrogens (tertiary/aromatic N) is 1. The van der Waals surface area contributed by atoms with E-state index in [1.807, 2.05) is 0 Å². The first-order chi connectivity index (χ1) is 9.81. The van der Waals surface area contributed by atoms with E-state index in [-0.39, 0.29) is 5.82 Å². The molecule has 0 aliphatic heterocycles. The second-order valence-corrected chi connectivity index (χ2v) is 3.98. The van der Waals surface area contributed by atoms with E-state index >= 15 is 0 Å². The summed E-state index contributed by atoms with van der Waals surface area (Å²) in [5.74, 6) is -3.64. The van der Waals surface area contributed by atoms with Crippen molar-refractivity contribution in [3.05, 3.63) is 47.5 Å². The van der Waals surface area contributed by atoms with Crippen LogP contribution >= 0.6 is 0 Å². The number of anilines is 1. The van der Waals surface area contributed by atoms with Crippen LogP contribution in [0.25, 0.3) is 0 Å². The van der Waals surface area contributed by atoms with Gasteiger partial charge in [0.2, 0.25) is 11.7 Å². The average Bonchev–Trinajstić information content (AvgIpc) is 2.42. The molecule has 0 unspecified atom stereocenters. The highest BCUT2D eigenvalue weighted by molar-refractivity contribution is 5.43. The van der Waals surface area contributed by atoms with Crippen LogP contribution in [-0.4, -0.2) is 12.0 Å². The average molecular weight is 304 g/mol. The van der Waals surface area contributed by atoms with Gasteiger partial charge in [-0.05, 0) is 18.2 Å². The first-order valence-corrected chi connectivity index (χ1v) is 5.70. The second kappa shape index (κ2) is 5.55. The van der Waals surface area contributed by atoms with Gasteiger partial charge >= 0.3 is 6.18 Å². The summed E-state index contributed by atoms with van der Waals surface area (Å²) in [6, 6.07) is 4.49. The zero-order valence-corrected chi connectivity index (χ0v) is 10.6. The van der Waals surface area contributed by atoms with E-state index in [9.17, 15) is 22.0 Å². The van der Waals surface area contributed by atoms with Gasteiger partial charge in [0.05, 0.1) is 5.56 Å². The standard InChI is InChI=1S/C13H9F5N2O/c1-19-10-5-7(13(16,17)18)6-11(20-10)21-9-4-2-3-8(14)12(9)15/h2-6H,1H3,(H,19,20). The molecule has 21 heavy (non-hydrogen) atoms. The Labute approximate surface area is 116 Å². The topological polar surface area (TPSA) is 34.1 Å². The van der Waals surface area contributed by atoms with Gasteiger partial charge in [-0.2, -0.15) is 22.5 Å². The lowest BCUT2D eigenvalue weighted by Gasteiger charge is -2.12. The molecule has 1 N–H and O–H groups in total. The van der Waals surface area contributed by atoms with E-state index < -0.39 is 35.0 Å². The molecule has 0 saturated heterocycles. The lowest BCUT2D eigenvalue weighted by molar-refractivity contribution is -0.137. The summed E-state index contributed by atoms with van der Waals surface area (Å²) in [4.78, 5) is 3.71. The molecule has 0 amide bonds. The Kier molecular flexibility index (Phi) is 3.97. The Balaban J connectivity index is 2.42. The minimum atomic E-state index is -4.62. The van der Waals surface area contributed by atoms with Crippen LogP contribution in [-0.2, 0) is 6.18 Å². The largest absolute Gasteiger partial charge is 0.436 e. The minimum Gasteiger partial charge on any atom is -0.436 e. The fourth-order valence-electron chi connectivity index (χ4n) is 1.52. The molecule has 3 nitrogen and oxygen atoms in total. The Bertz CT molecular complexity index is 657. The number of ether oxygens (including phenoxy) is 1. The third-order valence-electron chi connectivity index (χ3n) is 2.52. The molecular weight excluding hydrogens is 295 g/mol. The van der Waals surface area contributed by atoms with Gasteiger partial charge in [0.15, 0.2) is 11.6 Å². The Hall–Kier alpha value is -2.38. The molecule has 2 aromatic rings. The van der Waals surface area contributed by atoms with Gasteiger partial charge < -0.3 is 10.1 Å². The van der Waals surface area contributed by atoms with E-state index in [0.717, 1.165) is 18.2 Å². The summed E-state index contributed by atoms with van der Waals surface area (Å²) in [6.07, 6.45) is -4.62. The maximum atomic E-state index is 13.4. The Morgan fingerprint density at radius 3 is 2.48 bits per heavy atom. The number of halogens is 5. The van der Waals surface area contributed by atoms with Gasteiger partial charge in [0.1, 0.15) is 5.82 Å².